The molecular weight excluding hydrogens is 191 g/mol. The van der Waals surface area contributed by atoms with Crippen LogP contribution in [0.2, 0.25) is 0 Å². The van der Waals surface area contributed by atoms with E-state index < -0.39 is 24.6 Å². The first-order chi connectivity index (χ1) is 6.53. The second kappa shape index (κ2) is 2.74. The number of nitriles is 1. The fourth-order valence-electron chi connectivity index (χ4n) is 1.70. The number of halogens is 3. The molecule has 1 aromatic carbocycles. The molecule has 0 heterocycles. The van der Waals surface area contributed by atoms with Gasteiger partial charge < -0.3 is 0 Å². The van der Waals surface area contributed by atoms with Crippen molar-refractivity contribution < 1.29 is 13.2 Å². The predicted octanol–water partition coefficient (Wildman–Crippen LogP) is 2.43. The number of fused-ring (bicyclic) bond motifs is 1. The van der Waals surface area contributed by atoms with E-state index in [4.69, 9.17) is 5.26 Å². The zero-order chi connectivity index (χ0) is 10.3. The summed E-state index contributed by atoms with van der Waals surface area (Å²) in [5.74, 6) is -3.65. The molecule has 0 N–H and O–H groups in total. The van der Waals surface area contributed by atoms with E-state index in [-0.39, 0.29) is 11.1 Å². The Bertz CT molecular complexity index is 432. The van der Waals surface area contributed by atoms with Crippen molar-refractivity contribution in [2.45, 2.75) is 18.8 Å². The zero-order valence-electron chi connectivity index (χ0n) is 7.15. The Morgan fingerprint density at radius 2 is 2.00 bits per heavy atom. The van der Waals surface area contributed by atoms with E-state index in [0.29, 0.717) is 5.56 Å². The molecule has 1 nitrogen and oxygen atoms in total. The normalized spacial score (nSPS) is 17.6. The van der Waals surface area contributed by atoms with Crippen molar-refractivity contribution in [2.75, 3.05) is 0 Å². The Morgan fingerprint density at radius 1 is 1.29 bits per heavy atom. The fourth-order valence-corrected chi connectivity index (χ4v) is 1.70. The summed E-state index contributed by atoms with van der Waals surface area (Å²) >= 11 is 0. The van der Waals surface area contributed by atoms with Crippen LogP contribution in [0.3, 0.4) is 0 Å². The topological polar surface area (TPSA) is 23.8 Å². The highest BCUT2D eigenvalue weighted by molar-refractivity contribution is 5.43. The number of hydrogen-bond donors (Lipinski definition) is 0. The van der Waals surface area contributed by atoms with Crippen molar-refractivity contribution in [3.8, 4) is 6.07 Å². The van der Waals surface area contributed by atoms with Crippen molar-refractivity contribution in [1.82, 2.24) is 0 Å². The molecule has 0 saturated heterocycles. The Kier molecular flexibility index (Phi) is 1.78. The van der Waals surface area contributed by atoms with E-state index in [0.717, 1.165) is 0 Å². The SMILES string of the molecule is N#Cc1ccc2c(c1F)CC(F)(F)C2. The molecule has 72 valence electrons. The van der Waals surface area contributed by atoms with E-state index >= 15 is 0 Å². The molecule has 2 rings (SSSR count). The third-order valence-electron chi connectivity index (χ3n) is 2.35. The van der Waals surface area contributed by atoms with Crippen LogP contribution in [0.15, 0.2) is 12.1 Å². The minimum Gasteiger partial charge on any atom is -0.206 e. The number of hydrogen-bond acceptors (Lipinski definition) is 1. The lowest BCUT2D eigenvalue weighted by atomic mass is 10.1. The van der Waals surface area contributed by atoms with Crippen LogP contribution in [0.4, 0.5) is 13.2 Å². The highest BCUT2D eigenvalue weighted by atomic mass is 19.3. The van der Waals surface area contributed by atoms with E-state index in [1.54, 1.807) is 6.07 Å². The van der Waals surface area contributed by atoms with Gasteiger partial charge in [-0.05, 0) is 17.2 Å². The fraction of sp³-hybridized carbons (Fsp3) is 0.300. The first-order valence-corrected chi connectivity index (χ1v) is 4.12. The van der Waals surface area contributed by atoms with Crippen LogP contribution in [0.1, 0.15) is 16.7 Å². The summed E-state index contributed by atoms with van der Waals surface area (Å²) in [6.45, 7) is 0. The quantitative estimate of drug-likeness (QED) is 0.626. The molecule has 1 aliphatic carbocycles. The van der Waals surface area contributed by atoms with Gasteiger partial charge in [0.25, 0.3) is 5.92 Å². The van der Waals surface area contributed by atoms with E-state index in [2.05, 4.69) is 0 Å². The summed E-state index contributed by atoms with van der Waals surface area (Å²) in [6.07, 6.45) is -1.02. The van der Waals surface area contributed by atoms with Gasteiger partial charge in [0, 0.05) is 12.8 Å². The predicted molar refractivity (Wildman–Crippen MR) is 43.5 cm³/mol. The van der Waals surface area contributed by atoms with Crippen LogP contribution in [-0.2, 0) is 12.8 Å². The average Bonchev–Trinajstić information content (AvgIpc) is 2.42. The molecule has 4 heteroatoms. The summed E-state index contributed by atoms with van der Waals surface area (Å²) in [5.41, 5.74) is 0.141. The van der Waals surface area contributed by atoms with Crippen molar-refractivity contribution in [2.24, 2.45) is 0 Å². The van der Waals surface area contributed by atoms with Crippen LogP contribution in [0.25, 0.3) is 0 Å². The van der Waals surface area contributed by atoms with Crippen molar-refractivity contribution in [1.29, 1.82) is 5.26 Å². The third kappa shape index (κ3) is 1.25. The second-order valence-corrected chi connectivity index (χ2v) is 3.39. The van der Waals surface area contributed by atoms with Gasteiger partial charge >= 0.3 is 0 Å². The van der Waals surface area contributed by atoms with Gasteiger partial charge in [0.15, 0.2) is 0 Å². The molecule has 1 aromatic rings. The van der Waals surface area contributed by atoms with Gasteiger partial charge in [0.2, 0.25) is 0 Å². The Labute approximate surface area is 78.8 Å². The average molecular weight is 197 g/mol. The summed E-state index contributed by atoms with van der Waals surface area (Å²) in [5, 5.41) is 8.50. The lowest BCUT2D eigenvalue weighted by Crippen LogP contribution is -2.14. The van der Waals surface area contributed by atoms with Gasteiger partial charge in [0.05, 0.1) is 5.56 Å². The molecule has 0 amide bonds. The van der Waals surface area contributed by atoms with E-state index in [1.165, 1.54) is 12.1 Å². The molecule has 1 aliphatic rings. The van der Waals surface area contributed by atoms with Gasteiger partial charge in [-0.15, -0.1) is 0 Å². The van der Waals surface area contributed by atoms with Crippen molar-refractivity contribution >= 4 is 0 Å². The third-order valence-corrected chi connectivity index (χ3v) is 2.35. The number of benzene rings is 1. The molecule has 0 bridgehead atoms. The van der Waals surface area contributed by atoms with Gasteiger partial charge in [-0.25, -0.2) is 13.2 Å². The van der Waals surface area contributed by atoms with Crippen LogP contribution in [-0.4, -0.2) is 5.92 Å². The highest BCUT2D eigenvalue weighted by Crippen LogP contribution is 2.36. The van der Waals surface area contributed by atoms with Gasteiger partial charge in [-0.3, -0.25) is 0 Å². The minimum atomic E-state index is -2.86. The minimum absolute atomic E-state index is 0.00551. The second-order valence-electron chi connectivity index (χ2n) is 3.39. The maximum absolute atomic E-state index is 13.4. The van der Waals surface area contributed by atoms with Gasteiger partial charge in [-0.1, -0.05) is 6.07 Å². The lowest BCUT2D eigenvalue weighted by molar-refractivity contribution is 0.0126. The van der Waals surface area contributed by atoms with Crippen LogP contribution >= 0.6 is 0 Å². The Balaban J connectivity index is 2.55. The molecule has 0 aliphatic heterocycles. The van der Waals surface area contributed by atoms with Gasteiger partial charge in [-0.2, -0.15) is 5.26 Å². The molecular formula is C10H6F3N. The molecule has 0 atom stereocenters. The Hall–Kier alpha value is -1.50. The lowest BCUT2D eigenvalue weighted by Gasteiger charge is -2.04. The monoisotopic (exact) mass is 197 g/mol. The van der Waals surface area contributed by atoms with Crippen LogP contribution in [0, 0.1) is 17.1 Å². The molecule has 0 spiro atoms. The molecule has 0 saturated carbocycles. The summed E-state index contributed by atoms with van der Waals surface area (Å²) in [7, 11) is 0. The number of alkyl halides is 2. The maximum atomic E-state index is 13.4. The number of rotatable bonds is 0. The number of nitrogens with zero attached hydrogens (tertiary/aromatic N) is 1. The maximum Gasteiger partial charge on any atom is 0.256 e. The van der Waals surface area contributed by atoms with Gasteiger partial charge in [0.1, 0.15) is 11.9 Å². The molecule has 0 fully saturated rings. The van der Waals surface area contributed by atoms with Crippen molar-refractivity contribution in [3.63, 3.8) is 0 Å². The zero-order valence-corrected chi connectivity index (χ0v) is 7.15. The van der Waals surface area contributed by atoms with E-state index in [1.807, 2.05) is 0 Å². The highest BCUT2D eigenvalue weighted by Gasteiger charge is 2.39. The summed E-state index contributed by atoms with van der Waals surface area (Å²) in [6, 6.07) is 4.28. The van der Waals surface area contributed by atoms with Crippen LogP contribution in [0.5, 0.6) is 0 Å². The first-order valence-electron chi connectivity index (χ1n) is 4.12. The standard InChI is InChI=1S/C10H6F3N/c11-9-7(5-14)2-1-6-3-10(12,13)4-8(6)9/h1-2H,3-4H2. The largest absolute Gasteiger partial charge is 0.256 e. The Morgan fingerprint density at radius 3 is 2.64 bits per heavy atom. The summed E-state index contributed by atoms with van der Waals surface area (Å²) < 4.78 is 39.2. The molecule has 0 unspecified atom stereocenters. The van der Waals surface area contributed by atoms with E-state index in [9.17, 15) is 13.2 Å². The molecule has 0 radical (unpaired) electrons. The smallest absolute Gasteiger partial charge is 0.206 e. The van der Waals surface area contributed by atoms with Crippen LogP contribution < -0.4 is 0 Å². The summed E-state index contributed by atoms with van der Waals surface area (Å²) in [4.78, 5) is 0. The molecule has 14 heavy (non-hydrogen) atoms. The molecule has 0 aromatic heterocycles. The first kappa shape index (κ1) is 9.07. The van der Waals surface area contributed by atoms with Crippen molar-refractivity contribution in [3.05, 3.63) is 34.6 Å².